The third kappa shape index (κ3) is 30.8. The molecule has 2 aliphatic carbocycles. The van der Waals surface area contributed by atoms with Crippen LogP contribution in [0.2, 0.25) is 0 Å². The number of esters is 2. The van der Waals surface area contributed by atoms with Crippen LogP contribution in [0.15, 0.2) is 119 Å². The lowest BCUT2D eigenvalue weighted by Crippen LogP contribution is -2.36. The summed E-state index contributed by atoms with van der Waals surface area (Å²) >= 11 is 0. The van der Waals surface area contributed by atoms with Gasteiger partial charge < -0.3 is 9.47 Å². The number of unbranched alkanes of at least 4 members (excludes halogenated alkanes) is 24. The third-order valence-electron chi connectivity index (χ3n) is 16.7. The molecule has 0 N–H and O–H groups in total. The minimum absolute atomic E-state index is 0.0325. The fraction of sp³-hybridized carbons (Fsp3) is 0.681. The van der Waals surface area contributed by atoms with E-state index >= 15 is 0 Å². The summed E-state index contributed by atoms with van der Waals surface area (Å²) in [5.41, 5.74) is 6.17. The number of ketones is 1. The molecule has 2 aliphatic rings. The van der Waals surface area contributed by atoms with Crippen LogP contribution in [0, 0.1) is 16.2 Å². The number of hydrogen-bond donors (Lipinski definition) is 0. The molecule has 0 aromatic carbocycles. The molecule has 1 fully saturated rings. The van der Waals surface area contributed by atoms with Crippen LogP contribution in [0.1, 0.15) is 289 Å². The highest BCUT2D eigenvalue weighted by Crippen LogP contribution is 2.54. The Morgan fingerprint density at radius 1 is 0.442 bits per heavy atom. The molecule has 0 aliphatic heterocycles. The van der Waals surface area contributed by atoms with Crippen molar-refractivity contribution in [2.75, 3.05) is 0 Å². The quantitative estimate of drug-likeness (QED) is 0.0264. The van der Waals surface area contributed by atoms with E-state index in [1.807, 2.05) is 32.1 Å². The number of carbonyl (C=O) groups excluding carboxylic acids is 3. The topological polar surface area (TPSA) is 69.7 Å². The lowest BCUT2D eigenvalue weighted by Gasteiger charge is -2.37. The van der Waals surface area contributed by atoms with Gasteiger partial charge in [-0.3, -0.25) is 14.4 Å². The average molecular weight is 1060 g/mol. The van der Waals surface area contributed by atoms with Crippen LogP contribution < -0.4 is 0 Å². The number of allylic oxidation sites excluding steroid dienone is 19. The summed E-state index contributed by atoms with van der Waals surface area (Å²) in [6.07, 6.45) is 66.1. The van der Waals surface area contributed by atoms with Gasteiger partial charge in [0.25, 0.3) is 0 Å². The summed E-state index contributed by atoms with van der Waals surface area (Å²) in [4.78, 5) is 39.3. The second kappa shape index (κ2) is 40.2. The van der Waals surface area contributed by atoms with E-state index in [0.717, 1.165) is 55.2 Å². The van der Waals surface area contributed by atoms with Gasteiger partial charge >= 0.3 is 11.9 Å². The molecule has 0 spiro atoms. The Kier molecular flexibility index (Phi) is 36.1. The van der Waals surface area contributed by atoms with E-state index < -0.39 is 5.41 Å². The molecule has 0 radical (unpaired) electrons. The molecule has 3 atom stereocenters. The van der Waals surface area contributed by atoms with E-state index in [9.17, 15) is 14.4 Å². The molecule has 1 saturated carbocycles. The van der Waals surface area contributed by atoms with Crippen molar-refractivity contribution in [2.24, 2.45) is 16.2 Å². The third-order valence-corrected chi connectivity index (χ3v) is 16.7. The molecule has 434 valence electrons. The van der Waals surface area contributed by atoms with Crippen molar-refractivity contribution < 1.29 is 23.9 Å². The largest absolute Gasteiger partial charge is 0.462 e. The predicted molar refractivity (Wildman–Crippen MR) is 333 cm³/mol. The van der Waals surface area contributed by atoms with E-state index in [1.165, 1.54) is 158 Å². The first-order valence-corrected chi connectivity index (χ1v) is 31.5. The second-order valence-corrected chi connectivity index (χ2v) is 25.1. The maximum absolute atomic E-state index is 13.7. The second-order valence-electron chi connectivity index (χ2n) is 25.1. The van der Waals surface area contributed by atoms with Gasteiger partial charge in [-0.25, -0.2) is 0 Å². The van der Waals surface area contributed by atoms with E-state index in [4.69, 9.17) is 9.47 Å². The normalized spacial score (nSPS) is 20.6. The van der Waals surface area contributed by atoms with Crippen LogP contribution in [0.5, 0.6) is 0 Å². The summed E-state index contributed by atoms with van der Waals surface area (Å²) in [6.45, 7) is 25.9. The highest BCUT2D eigenvalue weighted by atomic mass is 16.5. The molecule has 5 heteroatoms. The zero-order valence-corrected chi connectivity index (χ0v) is 51.9. The lowest BCUT2D eigenvalue weighted by molar-refractivity contribution is -0.151. The standard InChI is InChI=1S/C72H116O5/c1-13-15-17-19-21-23-25-27-29-31-33-35-37-49-68(74)76-64-55-63(7)66(70(8,9)56-64)53-51-61(5)47-41-45-59(3)43-39-40-44-60(4)46-42-48-62(6)52-54-67(73)72(12)58-65(57-71(72,10)11)77-69(75)50-38-36-34-32-30-28-26-24-22-20-18-16-14-2/h39-48,51-54,64-65H,13-38,49-50,55-58H2,1-12H3. The average Bonchev–Trinajstić information content (AvgIpc) is 3.60. The van der Waals surface area contributed by atoms with Gasteiger partial charge in [0.05, 0.1) is 0 Å². The molecule has 3 unspecified atom stereocenters. The van der Waals surface area contributed by atoms with Crippen LogP contribution in [0.4, 0.5) is 0 Å². The first kappa shape index (κ1) is 69.1. The summed E-state index contributed by atoms with van der Waals surface area (Å²) in [5, 5.41) is 0. The van der Waals surface area contributed by atoms with Crippen molar-refractivity contribution in [2.45, 2.75) is 301 Å². The monoisotopic (exact) mass is 1060 g/mol. The molecule has 77 heavy (non-hydrogen) atoms. The molecular formula is C72H116O5. The van der Waals surface area contributed by atoms with Crippen LogP contribution in [-0.4, -0.2) is 29.9 Å². The predicted octanol–water partition coefficient (Wildman–Crippen LogP) is 21.9. The van der Waals surface area contributed by atoms with Gasteiger partial charge in [0.1, 0.15) is 12.2 Å². The van der Waals surface area contributed by atoms with E-state index in [0.29, 0.717) is 25.7 Å². The van der Waals surface area contributed by atoms with Gasteiger partial charge in [-0.15, -0.1) is 0 Å². The SMILES string of the molecule is CCCCCCCCCCCCCCCC(=O)OC1CC(C)=C(C=CC(C)=CC=CC(C)=CC=CC=C(C)C=CC=C(C)C=CC(=O)C2(C)CC(OC(=O)CCCCCCCCCCCCCCC)CC2(C)C)C(C)(C)C1. The van der Waals surface area contributed by atoms with Crippen LogP contribution >= 0.6 is 0 Å². The maximum Gasteiger partial charge on any atom is 0.306 e. The zero-order valence-electron chi connectivity index (χ0n) is 51.9. The molecule has 0 bridgehead atoms. The number of ether oxygens (including phenoxy) is 2. The minimum Gasteiger partial charge on any atom is -0.462 e. The highest BCUT2D eigenvalue weighted by Gasteiger charge is 2.54. The van der Waals surface area contributed by atoms with Crippen molar-refractivity contribution in [1.29, 1.82) is 0 Å². The van der Waals surface area contributed by atoms with Gasteiger partial charge in [0, 0.05) is 24.7 Å². The first-order valence-electron chi connectivity index (χ1n) is 31.5. The van der Waals surface area contributed by atoms with Crippen LogP contribution in [-0.2, 0) is 23.9 Å². The Hall–Kier alpha value is -3.99. The minimum atomic E-state index is -0.594. The lowest BCUT2D eigenvalue weighted by atomic mass is 9.66. The fourth-order valence-corrected chi connectivity index (χ4v) is 11.4. The number of carbonyl (C=O) groups is 3. The van der Waals surface area contributed by atoms with Gasteiger partial charge in [-0.05, 0) is 89.2 Å². The summed E-state index contributed by atoms with van der Waals surface area (Å²) < 4.78 is 12.0. The molecule has 0 heterocycles. The van der Waals surface area contributed by atoms with E-state index in [2.05, 4.69) is 130 Å². The summed E-state index contributed by atoms with van der Waals surface area (Å²) in [6, 6.07) is 0. The molecule has 0 aromatic rings. The summed E-state index contributed by atoms with van der Waals surface area (Å²) in [7, 11) is 0. The van der Waals surface area contributed by atoms with Crippen molar-refractivity contribution >= 4 is 17.7 Å². The van der Waals surface area contributed by atoms with E-state index in [-0.39, 0.29) is 40.8 Å². The summed E-state index contributed by atoms with van der Waals surface area (Å²) in [5.74, 6) is -0.0581. The van der Waals surface area contributed by atoms with Gasteiger partial charge in [0.2, 0.25) is 0 Å². The fourth-order valence-electron chi connectivity index (χ4n) is 11.4. The molecule has 0 amide bonds. The smallest absolute Gasteiger partial charge is 0.306 e. The highest BCUT2D eigenvalue weighted by molar-refractivity contribution is 5.96. The Bertz CT molecular complexity index is 2020. The molecule has 0 aromatic heterocycles. The van der Waals surface area contributed by atoms with Gasteiger partial charge in [0.15, 0.2) is 5.78 Å². The van der Waals surface area contributed by atoms with Crippen molar-refractivity contribution in [1.82, 2.24) is 0 Å². The maximum atomic E-state index is 13.7. The molecule has 0 saturated heterocycles. The molecule has 5 nitrogen and oxygen atoms in total. The Morgan fingerprint density at radius 2 is 0.805 bits per heavy atom. The van der Waals surface area contributed by atoms with Crippen molar-refractivity contribution in [3.8, 4) is 0 Å². The van der Waals surface area contributed by atoms with Crippen LogP contribution in [0.25, 0.3) is 0 Å². The number of rotatable bonds is 41. The van der Waals surface area contributed by atoms with Crippen molar-refractivity contribution in [3.63, 3.8) is 0 Å². The zero-order chi connectivity index (χ0) is 56.8. The van der Waals surface area contributed by atoms with Gasteiger partial charge in [-0.1, -0.05) is 309 Å². The molecular weight excluding hydrogens is 945 g/mol. The van der Waals surface area contributed by atoms with E-state index in [1.54, 1.807) is 6.08 Å². The Labute approximate surface area is 474 Å². The van der Waals surface area contributed by atoms with Gasteiger partial charge in [-0.2, -0.15) is 0 Å². The van der Waals surface area contributed by atoms with Crippen molar-refractivity contribution in [3.05, 3.63) is 119 Å². The number of hydrogen-bond acceptors (Lipinski definition) is 5. The Balaban J connectivity index is 1.73. The molecule has 2 rings (SSSR count). The van der Waals surface area contributed by atoms with Crippen LogP contribution in [0.3, 0.4) is 0 Å². The Morgan fingerprint density at radius 3 is 1.22 bits per heavy atom. The first-order chi connectivity index (χ1) is 36.8.